The molecular formula is C28H37ClFN7O3. The number of nitrogens with one attached hydrogen (secondary N) is 2. The van der Waals surface area contributed by atoms with Gasteiger partial charge in [0.15, 0.2) is 11.6 Å². The number of carbonyl (C=O) groups excluding carboxylic acids is 2. The molecule has 1 aliphatic heterocycles. The molecule has 3 aliphatic rings. The fourth-order valence-corrected chi connectivity index (χ4v) is 6.37. The Morgan fingerprint density at radius 1 is 1.25 bits per heavy atom. The number of amides is 2. The Morgan fingerprint density at radius 3 is 2.70 bits per heavy atom. The van der Waals surface area contributed by atoms with E-state index in [4.69, 9.17) is 16.4 Å². The van der Waals surface area contributed by atoms with Gasteiger partial charge in [0.2, 0.25) is 23.4 Å². The Bertz CT molecular complexity index is 1180. The van der Waals surface area contributed by atoms with Crippen LogP contribution in [0.1, 0.15) is 44.1 Å². The highest BCUT2D eigenvalue weighted by molar-refractivity contribution is 6.28. The van der Waals surface area contributed by atoms with Crippen LogP contribution < -0.4 is 15.8 Å². The van der Waals surface area contributed by atoms with Crippen molar-refractivity contribution < 1.29 is 18.8 Å². The molecule has 4 atom stereocenters. The number of aromatic nitrogens is 2. The standard InChI is InChI=1S/C28H37ClFN7O3/c1-35(2)27-22-13-20(22)15-37(27)25-23(30)24(31-28(29)32-25)33-34-26(39)21(12-18-8-6-7-9-18)14-36(17-38)40-16-19-10-4-3-5-11-19/h3-5,10-11,17-18,20-22,27H,6-9,12-16H2,1-2H3,(H,34,39)(H,31,32,33). The summed E-state index contributed by atoms with van der Waals surface area (Å²) >= 11 is 6.20. The molecule has 5 rings (SSSR count). The molecule has 2 saturated carbocycles. The number of piperidine rings is 1. The first-order valence-electron chi connectivity index (χ1n) is 13.9. The van der Waals surface area contributed by atoms with Crippen LogP contribution in [0.4, 0.5) is 16.0 Å². The van der Waals surface area contributed by atoms with E-state index in [9.17, 15) is 9.59 Å². The van der Waals surface area contributed by atoms with Crippen molar-refractivity contribution in [1.29, 1.82) is 0 Å². The van der Waals surface area contributed by atoms with Gasteiger partial charge < -0.3 is 4.90 Å². The topological polar surface area (TPSA) is 103 Å². The van der Waals surface area contributed by atoms with Gasteiger partial charge in [-0.05, 0) is 61.9 Å². The van der Waals surface area contributed by atoms with Gasteiger partial charge in [0, 0.05) is 6.54 Å². The fourth-order valence-electron chi connectivity index (χ4n) is 6.20. The molecule has 1 aromatic heterocycles. The van der Waals surface area contributed by atoms with Crippen LogP contribution in [0.25, 0.3) is 0 Å². The van der Waals surface area contributed by atoms with Crippen molar-refractivity contribution in [2.24, 2.45) is 23.7 Å². The summed E-state index contributed by atoms with van der Waals surface area (Å²) in [5.74, 6) is -0.351. The van der Waals surface area contributed by atoms with Crippen LogP contribution in [0.3, 0.4) is 0 Å². The lowest BCUT2D eigenvalue weighted by Crippen LogP contribution is -2.45. The van der Waals surface area contributed by atoms with E-state index in [0.717, 1.165) is 42.7 Å². The van der Waals surface area contributed by atoms with Crippen molar-refractivity contribution in [2.75, 3.05) is 37.5 Å². The monoisotopic (exact) mass is 573 g/mol. The summed E-state index contributed by atoms with van der Waals surface area (Å²) in [6.07, 6.45) is 6.64. The van der Waals surface area contributed by atoms with Gasteiger partial charge in [-0.3, -0.25) is 30.2 Å². The average molecular weight is 574 g/mol. The van der Waals surface area contributed by atoms with Crippen LogP contribution >= 0.6 is 11.6 Å². The SMILES string of the molecule is CN(C)C1C2CC2CN1c1nc(Cl)nc(NNC(=O)C(CC2CCCC2)CN(C=O)OCc2ccccc2)c1F. The predicted molar refractivity (Wildman–Crippen MR) is 149 cm³/mol. The first-order valence-corrected chi connectivity index (χ1v) is 14.3. The van der Waals surface area contributed by atoms with Gasteiger partial charge in [0.1, 0.15) is 6.61 Å². The average Bonchev–Trinajstić information content (AvgIpc) is 3.32. The van der Waals surface area contributed by atoms with Crippen LogP contribution in [0.2, 0.25) is 5.28 Å². The second-order valence-corrected chi connectivity index (χ2v) is 11.7. The molecule has 1 saturated heterocycles. The lowest BCUT2D eigenvalue weighted by molar-refractivity contribution is -0.182. The number of halogens is 2. The van der Waals surface area contributed by atoms with E-state index >= 15 is 4.39 Å². The Morgan fingerprint density at radius 2 is 2.00 bits per heavy atom. The van der Waals surface area contributed by atoms with Gasteiger partial charge in [-0.2, -0.15) is 14.4 Å². The summed E-state index contributed by atoms with van der Waals surface area (Å²) < 4.78 is 15.7. The molecule has 2 aliphatic carbocycles. The molecule has 2 aromatic rings. The maximum atomic E-state index is 15.7. The van der Waals surface area contributed by atoms with Crippen LogP contribution in [0.15, 0.2) is 30.3 Å². The number of hydrazine groups is 1. The summed E-state index contributed by atoms with van der Waals surface area (Å²) in [5, 5.41) is 1.04. The summed E-state index contributed by atoms with van der Waals surface area (Å²) in [7, 11) is 3.93. The summed E-state index contributed by atoms with van der Waals surface area (Å²) in [6, 6.07) is 9.49. The van der Waals surface area contributed by atoms with E-state index in [-0.39, 0.29) is 42.1 Å². The summed E-state index contributed by atoms with van der Waals surface area (Å²) in [5.41, 5.74) is 6.16. The Hall–Kier alpha value is -3.02. The fraction of sp³-hybridized carbons (Fsp3) is 0.571. The molecule has 0 bridgehead atoms. The number of fused-ring (bicyclic) bond motifs is 1. The lowest BCUT2D eigenvalue weighted by Gasteiger charge is -2.33. The van der Waals surface area contributed by atoms with Crippen molar-refractivity contribution in [2.45, 2.75) is 51.3 Å². The number of hydroxylamine groups is 2. The smallest absolute Gasteiger partial charge is 0.243 e. The Labute approximate surface area is 239 Å². The number of hydrogen-bond donors (Lipinski definition) is 2. The summed E-state index contributed by atoms with van der Waals surface area (Å²) in [4.78, 5) is 43.1. The van der Waals surface area contributed by atoms with Crippen molar-refractivity contribution in [3.63, 3.8) is 0 Å². The van der Waals surface area contributed by atoms with Crippen LogP contribution in [-0.2, 0) is 21.0 Å². The first-order chi connectivity index (χ1) is 19.3. The molecule has 10 nitrogen and oxygen atoms in total. The van der Waals surface area contributed by atoms with Crippen molar-refractivity contribution in [3.8, 4) is 0 Å². The normalized spacial score (nSPS) is 22.7. The molecule has 12 heteroatoms. The third-order valence-corrected chi connectivity index (χ3v) is 8.41. The number of anilines is 2. The van der Waals surface area contributed by atoms with Crippen molar-refractivity contribution in [3.05, 3.63) is 47.0 Å². The predicted octanol–water partition coefficient (Wildman–Crippen LogP) is 3.84. The quantitative estimate of drug-likeness (QED) is 0.212. The minimum Gasteiger partial charge on any atom is -0.338 e. The zero-order valence-corrected chi connectivity index (χ0v) is 23.7. The molecule has 0 radical (unpaired) electrons. The van der Waals surface area contributed by atoms with E-state index in [1.54, 1.807) is 0 Å². The van der Waals surface area contributed by atoms with E-state index in [1.807, 2.05) is 49.3 Å². The molecule has 216 valence electrons. The zero-order valence-electron chi connectivity index (χ0n) is 22.9. The number of carbonyl (C=O) groups is 2. The number of hydrogen-bond acceptors (Lipinski definition) is 8. The second-order valence-electron chi connectivity index (χ2n) is 11.3. The second kappa shape index (κ2) is 12.7. The number of rotatable bonds is 13. The highest BCUT2D eigenvalue weighted by Crippen LogP contribution is 2.51. The van der Waals surface area contributed by atoms with Gasteiger partial charge in [-0.15, -0.1) is 0 Å². The van der Waals surface area contributed by atoms with Crippen LogP contribution in [0, 0.1) is 29.5 Å². The molecule has 2 amide bonds. The highest BCUT2D eigenvalue weighted by atomic mass is 35.5. The summed E-state index contributed by atoms with van der Waals surface area (Å²) in [6.45, 7) is 0.965. The number of nitrogens with zero attached hydrogens (tertiary/aromatic N) is 5. The molecule has 40 heavy (non-hydrogen) atoms. The molecule has 2 heterocycles. The maximum Gasteiger partial charge on any atom is 0.243 e. The van der Waals surface area contributed by atoms with Gasteiger partial charge in [0.25, 0.3) is 0 Å². The van der Waals surface area contributed by atoms with Gasteiger partial charge in [0.05, 0.1) is 18.6 Å². The van der Waals surface area contributed by atoms with Crippen LogP contribution in [-0.4, -0.2) is 65.6 Å². The minimum atomic E-state index is -0.675. The van der Waals surface area contributed by atoms with E-state index in [0.29, 0.717) is 37.1 Å². The molecule has 1 aromatic carbocycles. The molecule has 3 fully saturated rings. The van der Waals surface area contributed by atoms with E-state index in [2.05, 4.69) is 25.7 Å². The van der Waals surface area contributed by atoms with E-state index in [1.165, 1.54) is 0 Å². The Balaban J connectivity index is 1.26. The first kappa shape index (κ1) is 28.5. The molecular weight excluding hydrogens is 537 g/mol. The number of benzene rings is 1. The Kier molecular flexibility index (Phi) is 9.02. The minimum absolute atomic E-state index is 0.0221. The maximum absolute atomic E-state index is 15.7. The third kappa shape index (κ3) is 6.64. The highest BCUT2D eigenvalue weighted by Gasteiger charge is 2.54. The molecule has 4 unspecified atom stereocenters. The van der Waals surface area contributed by atoms with Gasteiger partial charge >= 0.3 is 0 Å². The van der Waals surface area contributed by atoms with Crippen molar-refractivity contribution in [1.82, 2.24) is 25.4 Å². The zero-order chi connectivity index (χ0) is 28.2. The lowest BCUT2D eigenvalue weighted by atomic mass is 9.92. The van der Waals surface area contributed by atoms with Crippen LogP contribution in [0.5, 0.6) is 0 Å². The van der Waals surface area contributed by atoms with Gasteiger partial charge in [-0.1, -0.05) is 56.0 Å². The third-order valence-electron chi connectivity index (χ3n) is 8.24. The van der Waals surface area contributed by atoms with Crippen molar-refractivity contribution >= 4 is 35.6 Å². The molecule has 0 spiro atoms. The van der Waals surface area contributed by atoms with Gasteiger partial charge in [-0.25, -0.2) is 5.06 Å². The largest absolute Gasteiger partial charge is 0.338 e. The van der Waals surface area contributed by atoms with E-state index < -0.39 is 11.7 Å². The molecule has 2 N–H and O–H groups in total.